The Hall–Kier alpha value is -2.04. The molecule has 5 nitrogen and oxygen atoms in total. The molecule has 1 aliphatic heterocycles. The Morgan fingerprint density at radius 1 is 1.39 bits per heavy atom. The number of amides is 2. The van der Waals surface area contributed by atoms with Crippen LogP contribution in [0.2, 0.25) is 0 Å². The number of hydrogen-bond acceptors (Lipinski definition) is 3. The number of hydrogen-bond donors (Lipinski definition) is 1. The smallest absolute Gasteiger partial charge is 0.225 e. The number of carbonyl (C=O) groups is 2. The van der Waals surface area contributed by atoms with E-state index in [1.807, 2.05) is 25.1 Å². The van der Waals surface area contributed by atoms with Crippen LogP contribution >= 0.6 is 0 Å². The first-order valence-electron chi connectivity index (χ1n) is 8.26. The highest BCUT2D eigenvalue weighted by Crippen LogP contribution is 2.19. The number of rotatable bonds is 6. The summed E-state index contributed by atoms with van der Waals surface area (Å²) < 4.78 is 5.61. The largest absolute Gasteiger partial charge is 0.494 e. The molecule has 0 aromatic heterocycles. The average molecular weight is 318 g/mol. The third kappa shape index (κ3) is 4.71. The van der Waals surface area contributed by atoms with Gasteiger partial charge in [0.15, 0.2) is 0 Å². The first-order chi connectivity index (χ1) is 11.0. The van der Waals surface area contributed by atoms with Crippen molar-refractivity contribution in [2.24, 2.45) is 5.92 Å². The second kappa shape index (κ2) is 7.99. The zero-order valence-corrected chi connectivity index (χ0v) is 14.2. The van der Waals surface area contributed by atoms with Gasteiger partial charge in [0, 0.05) is 26.6 Å². The van der Waals surface area contributed by atoms with E-state index >= 15 is 0 Å². The first-order valence-corrected chi connectivity index (χ1v) is 8.26. The Labute approximate surface area is 138 Å². The number of benzene rings is 1. The molecule has 0 radical (unpaired) electrons. The number of carbonyl (C=O) groups excluding carboxylic acids is 2. The van der Waals surface area contributed by atoms with E-state index in [1.165, 1.54) is 0 Å². The summed E-state index contributed by atoms with van der Waals surface area (Å²) in [5.74, 6) is 0.844. The van der Waals surface area contributed by atoms with Gasteiger partial charge in [-0.15, -0.1) is 0 Å². The zero-order chi connectivity index (χ0) is 16.8. The molecule has 2 rings (SSSR count). The van der Waals surface area contributed by atoms with Gasteiger partial charge in [0.05, 0.1) is 12.5 Å². The minimum Gasteiger partial charge on any atom is -0.494 e. The van der Waals surface area contributed by atoms with E-state index < -0.39 is 0 Å². The summed E-state index contributed by atoms with van der Waals surface area (Å²) in [6.45, 7) is 8.07. The van der Waals surface area contributed by atoms with Gasteiger partial charge in [-0.2, -0.15) is 0 Å². The van der Waals surface area contributed by atoms with Gasteiger partial charge in [-0.3, -0.25) is 9.59 Å². The van der Waals surface area contributed by atoms with E-state index in [4.69, 9.17) is 4.74 Å². The molecule has 0 unspecified atom stereocenters. The third-order valence-electron chi connectivity index (χ3n) is 4.24. The standard InChI is InChI=1S/C18H26N2O3/c1-4-9-23-17-6-5-15(13(2)10-17)11-19-18(22)16-7-8-20(12-16)14(3)21/h5-6,10,16H,4,7-9,11-12H2,1-3H3,(H,19,22)/t16-/m1/s1. The van der Waals surface area contributed by atoms with E-state index in [0.717, 1.165) is 29.7 Å². The number of likely N-dealkylation sites (tertiary alicyclic amines) is 1. The van der Waals surface area contributed by atoms with Gasteiger partial charge in [-0.25, -0.2) is 0 Å². The summed E-state index contributed by atoms with van der Waals surface area (Å²) in [5.41, 5.74) is 2.19. The van der Waals surface area contributed by atoms with Gasteiger partial charge in [0.2, 0.25) is 11.8 Å². The summed E-state index contributed by atoms with van der Waals surface area (Å²) >= 11 is 0. The van der Waals surface area contributed by atoms with E-state index in [9.17, 15) is 9.59 Å². The highest BCUT2D eigenvalue weighted by Gasteiger charge is 2.29. The van der Waals surface area contributed by atoms with E-state index in [1.54, 1.807) is 11.8 Å². The topological polar surface area (TPSA) is 58.6 Å². The minimum atomic E-state index is -0.0913. The molecule has 1 heterocycles. The lowest BCUT2D eigenvalue weighted by Gasteiger charge is -2.15. The molecule has 1 aromatic rings. The molecule has 0 saturated carbocycles. The maximum absolute atomic E-state index is 12.2. The Balaban J connectivity index is 1.86. The number of aryl methyl sites for hydroxylation is 1. The van der Waals surface area contributed by atoms with Crippen LogP contribution in [0.4, 0.5) is 0 Å². The predicted octanol–water partition coefficient (Wildman–Crippen LogP) is 2.27. The second-order valence-electron chi connectivity index (χ2n) is 6.11. The Bertz CT molecular complexity index is 571. The number of nitrogens with one attached hydrogen (secondary N) is 1. The van der Waals surface area contributed by atoms with E-state index in [2.05, 4.69) is 12.2 Å². The van der Waals surface area contributed by atoms with Crippen LogP contribution in [-0.4, -0.2) is 36.4 Å². The summed E-state index contributed by atoms with van der Waals surface area (Å²) in [5, 5.41) is 2.99. The second-order valence-corrected chi connectivity index (χ2v) is 6.11. The molecule has 2 amide bonds. The van der Waals surface area contributed by atoms with Crippen LogP contribution < -0.4 is 10.1 Å². The van der Waals surface area contributed by atoms with Crippen LogP contribution in [0, 0.1) is 12.8 Å². The lowest BCUT2D eigenvalue weighted by atomic mass is 10.1. The van der Waals surface area contributed by atoms with Gasteiger partial charge in [0.1, 0.15) is 5.75 Å². The molecule has 126 valence electrons. The van der Waals surface area contributed by atoms with Gasteiger partial charge >= 0.3 is 0 Å². The van der Waals surface area contributed by atoms with Gasteiger partial charge < -0.3 is 15.0 Å². The zero-order valence-electron chi connectivity index (χ0n) is 14.2. The first kappa shape index (κ1) is 17.3. The Kier molecular flexibility index (Phi) is 6.02. The Morgan fingerprint density at radius 3 is 2.78 bits per heavy atom. The fourth-order valence-corrected chi connectivity index (χ4v) is 2.76. The molecule has 0 bridgehead atoms. The van der Waals surface area contributed by atoms with Crippen molar-refractivity contribution in [3.8, 4) is 5.75 Å². The summed E-state index contributed by atoms with van der Waals surface area (Å²) in [7, 11) is 0. The van der Waals surface area contributed by atoms with Crippen LogP contribution in [0.15, 0.2) is 18.2 Å². The summed E-state index contributed by atoms with van der Waals surface area (Å²) in [6, 6.07) is 5.94. The lowest BCUT2D eigenvalue weighted by Crippen LogP contribution is -2.33. The summed E-state index contributed by atoms with van der Waals surface area (Å²) in [6.07, 6.45) is 1.73. The number of ether oxygens (including phenoxy) is 1. The Morgan fingerprint density at radius 2 is 2.17 bits per heavy atom. The van der Waals surface area contributed by atoms with Crippen LogP contribution in [0.25, 0.3) is 0 Å². The molecule has 1 aromatic carbocycles. The highest BCUT2D eigenvalue weighted by atomic mass is 16.5. The molecule has 1 aliphatic rings. The monoisotopic (exact) mass is 318 g/mol. The van der Waals surface area contributed by atoms with E-state index in [-0.39, 0.29) is 17.7 Å². The normalized spacial score (nSPS) is 17.2. The van der Waals surface area contributed by atoms with Gasteiger partial charge in [-0.05, 0) is 43.0 Å². The van der Waals surface area contributed by atoms with E-state index in [0.29, 0.717) is 26.2 Å². The molecular weight excluding hydrogens is 292 g/mol. The van der Waals surface area contributed by atoms with Crippen molar-refractivity contribution in [1.82, 2.24) is 10.2 Å². The molecular formula is C18H26N2O3. The van der Waals surface area contributed by atoms with Gasteiger partial charge in [0.25, 0.3) is 0 Å². The molecule has 1 N–H and O–H groups in total. The van der Waals surface area contributed by atoms with Crippen molar-refractivity contribution >= 4 is 11.8 Å². The van der Waals surface area contributed by atoms with Gasteiger partial charge in [-0.1, -0.05) is 13.0 Å². The fraction of sp³-hybridized carbons (Fsp3) is 0.556. The molecule has 23 heavy (non-hydrogen) atoms. The van der Waals surface area contributed by atoms with Crippen LogP contribution in [0.1, 0.15) is 37.8 Å². The number of nitrogens with zero attached hydrogens (tertiary/aromatic N) is 1. The molecule has 1 saturated heterocycles. The van der Waals surface area contributed by atoms with Crippen molar-refractivity contribution < 1.29 is 14.3 Å². The van der Waals surface area contributed by atoms with Crippen molar-refractivity contribution in [1.29, 1.82) is 0 Å². The summed E-state index contributed by atoms with van der Waals surface area (Å²) in [4.78, 5) is 25.3. The third-order valence-corrected chi connectivity index (χ3v) is 4.24. The molecule has 1 atom stereocenters. The minimum absolute atomic E-state index is 0.0273. The molecule has 0 aliphatic carbocycles. The van der Waals surface area contributed by atoms with Crippen LogP contribution in [0.3, 0.4) is 0 Å². The van der Waals surface area contributed by atoms with Crippen LogP contribution in [0.5, 0.6) is 5.75 Å². The highest BCUT2D eigenvalue weighted by molar-refractivity contribution is 5.81. The van der Waals surface area contributed by atoms with Crippen LogP contribution in [-0.2, 0) is 16.1 Å². The van der Waals surface area contributed by atoms with Crippen molar-refractivity contribution in [2.45, 2.75) is 40.2 Å². The van der Waals surface area contributed by atoms with Crippen molar-refractivity contribution in [3.05, 3.63) is 29.3 Å². The maximum atomic E-state index is 12.2. The lowest BCUT2D eigenvalue weighted by molar-refractivity contribution is -0.128. The molecule has 5 heteroatoms. The predicted molar refractivity (Wildman–Crippen MR) is 89.2 cm³/mol. The van der Waals surface area contributed by atoms with Crippen molar-refractivity contribution in [2.75, 3.05) is 19.7 Å². The molecule has 1 fully saturated rings. The van der Waals surface area contributed by atoms with Crippen molar-refractivity contribution in [3.63, 3.8) is 0 Å². The average Bonchev–Trinajstić information content (AvgIpc) is 3.02. The quantitative estimate of drug-likeness (QED) is 0.875. The fourth-order valence-electron chi connectivity index (χ4n) is 2.76. The SMILES string of the molecule is CCCOc1ccc(CNC(=O)[C@@H]2CCN(C(C)=O)C2)c(C)c1. The molecule has 0 spiro atoms. The maximum Gasteiger partial charge on any atom is 0.225 e.